The Morgan fingerprint density at radius 2 is 1.75 bits per heavy atom. The molecule has 0 bridgehead atoms. The average molecular weight is 385 g/mol. The van der Waals surface area contributed by atoms with Gasteiger partial charge in [-0.2, -0.15) is 0 Å². The lowest BCUT2D eigenvalue weighted by Crippen LogP contribution is -2.12. The first-order chi connectivity index (χ1) is 11.2. The van der Waals surface area contributed by atoms with Crippen LogP contribution in [0.2, 0.25) is 10.0 Å². The number of fused-ring (bicyclic) bond motifs is 1. The maximum absolute atomic E-state index is 12.2. The van der Waals surface area contributed by atoms with Crippen molar-refractivity contribution in [1.29, 1.82) is 0 Å². The Labute approximate surface area is 147 Å². The van der Waals surface area contributed by atoms with E-state index >= 15 is 0 Å². The number of carbonyl (C=O) groups is 1. The Balaban J connectivity index is 2.16. The van der Waals surface area contributed by atoms with Gasteiger partial charge >= 0.3 is 0 Å². The van der Waals surface area contributed by atoms with Crippen LogP contribution >= 0.6 is 23.2 Å². The number of amides is 1. The number of anilines is 1. The number of nitrogens with two attached hydrogens (primary N) is 1. The number of benzene rings is 2. The van der Waals surface area contributed by atoms with Gasteiger partial charge in [0.2, 0.25) is 10.0 Å². The van der Waals surface area contributed by atoms with Crippen molar-refractivity contribution in [2.24, 2.45) is 5.14 Å². The normalized spacial score (nSPS) is 15.5. The molecule has 1 aliphatic rings. The molecule has 0 aliphatic carbocycles. The third-order valence-electron chi connectivity index (χ3n) is 3.45. The van der Waals surface area contributed by atoms with Gasteiger partial charge in [0.1, 0.15) is 0 Å². The topological polar surface area (TPSA) is 109 Å². The predicted molar refractivity (Wildman–Crippen MR) is 92.4 cm³/mol. The first-order valence-electron chi connectivity index (χ1n) is 6.55. The second-order valence-corrected chi connectivity index (χ2v) is 7.47. The molecule has 0 aromatic heterocycles. The van der Waals surface area contributed by atoms with Crippen molar-refractivity contribution in [3.8, 4) is 5.75 Å². The summed E-state index contributed by atoms with van der Waals surface area (Å²) in [5, 5.41) is 17.4. The highest BCUT2D eigenvalue weighted by Crippen LogP contribution is 2.37. The maximum Gasteiger partial charge on any atom is 0.256 e. The third-order valence-corrected chi connectivity index (χ3v) is 4.94. The van der Waals surface area contributed by atoms with Crippen LogP contribution in [0.3, 0.4) is 0 Å². The molecule has 0 atom stereocenters. The van der Waals surface area contributed by atoms with E-state index < -0.39 is 15.9 Å². The molecule has 4 N–H and O–H groups in total. The van der Waals surface area contributed by atoms with Gasteiger partial charge in [0, 0.05) is 16.8 Å². The highest BCUT2D eigenvalue weighted by molar-refractivity contribution is 7.89. The summed E-state index contributed by atoms with van der Waals surface area (Å²) in [5.41, 5.74) is 1.57. The second kappa shape index (κ2) is 5.78. The van der Waals surface area contributed by atoms with Crippen molar-refractivity contribution >= 4 is 56.5 Å². The fourth-order valence-electron chi connectivity index (χ4n) is 2.32. The molecule has 24 heavy (non-hydrogen) atoms. The molecule has 6 nitrogen and oxygen atoms in total. The van der Waals surface area contributed by atoms with E-state index in [2.05, 4.69) is 5.32 Å². The van der Waals surface area contributed by atoms with Gasteiger partial charge in [0.15, 0.2) is 5.75 Å². The number of sulfonamides is 1. The highest BCUT2D eigenvalue weighted by atomic mass is 35.5. The van der Waals surface area contributed by atoms with Crippen LogP contribution in [0.5, 0.6) is 5.75 Å². The van der Waals surface area contributed by atoms with Crippen LogP contribution in [0.1, 0.15) is 11.1 Å². The molecule has 1 amide bonds. The van der Waals surface area contributed by atoms with Crippen LogP contribution in [0.4, 0.5) is 5.69 Å². The Morgan fingerprint density at radius 1 is 1.12 bits per heavy atom. The number of hydrogen-bond acceptors (Lipinski definition) is 4. The van der Waals surface area contributed by atoms with Gasteiger partial charge in [0.25, 0.3) is 5.91 Å². The summed E-state index contributed by atoms with van der Waals surface area (Å²) >= 11 is 11.7. The van der Waals surface area contributed by atoms with Gasteiger partial charge in [-0.15, -0.1) is 0 Å². The van der Waals surface area contributed by atoms with Crippen molar-refractivity contribution in [1.82, 2.24) is 0 Å². The Hall–Kier alpha value is -2.06. The monoisotopic (exact) mass is 384 g/mol. The number of rotatable bonds is 2. The van der Waals surface area contributed by atoms with E-state index in [9.17, 15) is 18.3 Å². The Morgan fingerprint density at radius 3 is 2.33 bits per heavy atom. The molecular weight excluding hydrogens is 375 g/mol. The van der Waals surface area contributed by atoms with Crippen molar-refractivity contribution in [2.75, 3.05) is 5.32 Å². The third kappa shape index (κ3) is 2.99. The number of carbonyl (C=O) groups excluding carboxylic acids is 1. The molecule has 0 unspecified atom stereocenters. The van der Waals surface area contributed by atoms with Crippen molar-refractivity contribution < 1.29 is 18.3 Å². The van der Waals surface area contributed by atoms with Crippen LogP contribution < -0.4 is 10.5 Å². The van der Waals surface area contributed by atoms with E-state index in [0.717, 1.165) is 0 Å². The maximum atomic E-state index is 12.2. The summed E-state index contributed by atoms with van der Waals surface area (Å²) in [6.07, 6.45) is 1.49. The molecule has 124 valence electrons. The minimum absolute atomic E-state index is 0.0336. The molecule has 2 aromatic rings. The lowest BCUT2D eigenvalue weighted by atomic mass is 10.0. The molecule has 0 radical (unpaired) electrons. The molecule has 0 saturated heterocycles. The Bertz CT molecular complexity index is 993. The summed E-state index contributed by atoms with van der Waals surface area (Å²) in [4.78, 5) is 12.1. The minimum Gasteiger partial charge on any atom is -0.505 e. The molecule has 2 aromatic carbocycles. The number of primary sulfonamides is 1. The molecule has 0 fully saturated rings. The largest absolute Gasteiger partial charge is 0.505 e. The lowest BCUT2D eigenvalue weighted by molar-refractivity contribution is -0.110. The van der Waals surface area contributed by atoms with Crippen molar-refractivity contribution in [3.63, 3.8) is 0 Å². The van der Waals surface area contributed by atoms with E-state index in [-0.39, 0.29) is 26.3 Å². The molecule has 0 spiro atoms. The number of nitrogens with one attached hydrogen (secondary N) is 1. The lowest BCUT2D eigenvalue weighted by Gasteiger charge is -2.04. The summed E-state index contributed by atoms with van der Waals surface area (Å²) < 4.78 is 23.0. The summed E-state index contributed by atoms with van der Waals surface area (Å²) in [5.74, 6) is -0.662. The predicted octanol–water partition coefficient (Wildman–Crippen LogP) is 2.84. The highest BCUT2D eigenvalue weighted by Gasteiger charge is 2.26. The van der Waals surface area contributed by atoms with Gasteiger partial charge in [-0.1, -0.05) is 23.2 Å². The molecule has 1 heterocycles. The van der Waals surface area contributed by atoms with Gasteiger partial charge in [-0.3, -0.25) is 4.79 Å². The van der Waals surface area contributed by atoms with Crippen molar-refractivity contribution in [3.05, 3.63) is 51.5 Å². The molecule has 0 saturated carbocycles. The summed E-state index contributed by atoms with van der Waals surface area (Å²) in [6.45, 7) is 0. The van der Waals surface area contributed by atoms with Crippen LogP contribution in [-0.2, 0) is 14.8 Å². The van der Waals surface area contributed by atoms with Crippen LogP contribution in [0.15, 0.2) is 35.2 Å². The fraction of sp³-hybridized carbons (Fsp3) is 0. The molecular formula is C15H10Cl2N2O4S. The zero-order valence-electron chi connectivity index (χ0n) is 11.9. The van der Waals surface area contributed by atoms with E-state index in [0.29, 0.717) is 16.8 Å². The first kappa shape index (κ1) is 16.8. The van der Waals surface area contributed by atoms with Crippen LogP contribution in [0.25, 0.3) is 11.6 Å². The van der Waals surface area contributed by atoms with Gasteiger partial charge in [-0.05, 0) is 42.0 Å². The standard InChI is InChI=1S/C15H10Cl2N2O4S/c16-11-4-7(5-12(17)14(11)20)3-10-9-6-8(24(18,22)23)1-2-13(9)19-15(10)21/h1-6,20H,(H,19,21)(H2,18,22,23)/b10-3-. The first-order valence-corrected chi connectivity index (χ1v) is 8.85. The minimum atomic E-state index is -3.90. The molecule has 1 aliphatic heterocycles. The van der Waals surface area contributed by atoms with Crippen LogP contribution in [0, 0.1) is 0 Å². The van der Waals surface area contributed by atoms with Gasteiger partial charge < -0.3 is 10.4 Å². The molecule has 3 rings (SSSR count). The van der Waals surface area contributed by atoms with E-state index in [1.807, 2.05) is 0 Å². The SMILES string of the molecule is NS(=O)(=O)c1ccc2c(c1)/C(=C/c1cc(Cl)c(O)c(Cl)c1)C(=O)N2. The number of halogens is 2. The quantitative estimate of drug-likeness (QED) is 0.691. The summed E-state index contributed by atoms with van der Waals surface area (Å²) in [6, 6.07) is 6.96. The van der Waals surface area contributed by atoms with Gasteiger partial charge in [-0.25, -0.2) is 13.6 Å². The van der Waals surface area contributed by atoms with Crippen LogP contribution in [-0.4, -0.2) is 19.4 Å². The van der Waals surface area contributed by atoms with E-state index in [4.69, 9.17) is 28.3 Å². The van der Waals surface area contributed by atoms with Crippen molar-refractivity contribution in [2.45, 2.75) is 4.90 Å². The zero-order chi connectivity index (χ0) is 17.6. The molecule has 9 heteroatoms. The number of aromatic hydroxyl groups is 1. The summed E-state index contributed by atoms with van der Waals surface area (Å²) in [7, 11) is -3.90. The van der Waals surface area contributed by atoms with E-state index in [1.165, 1.54) is 36.4 Å². The fourth-order valence-corrected chi connectivity index (χ4v) is 3.37. The number of hydrogen-bond donors (Lipinski definition) is 3. The van der Waals surface area contributed by atoms with E-state index in [1.54, 1.807) is 0 Å². The number of phenolic OH excluding ortho intramolecular Hbond substituents is 1. The Kier molecular flexibility index (Phi) is 4.05. The average Bonchev–Trinajstić information content (AvgIpc) is 2.79. The smallest absolute Gasteiger partial charge is 0.256 e. The number of phenols is 1. The zero-order valence-corrected chi connectivity index (χ0v) is 14.2. The second-order valence-electron chi connectivity index (χ2n) is 5.10. The van der Waals surface area contributed by atoms with Gasteiger partial charge in [0.05, 0.1) is 14.9 Å².